The van der Waals surface area contributed by atoms with Crippen molar-refractivity contribution in [3.8, 4) is 0 Å². The molecule has 0 atom stereocenters. The highest BCUT2D eigenvalue weighted by Gasteiger charge is 2.43. The van der Waals surface area contributed by atoms with Crippen LogP contribution in [0.15, 0.2) is 30.3 Å². The average molecular weight is 254 g/mol. The second-order valence-corrected chi connectivity index (χ2v) is 5.33. The van der Waals surface area contributed by atoms with Gasteiger partial charge >= 0.3 is 0 Å². The SMILES string of the molecule is CCCC1(N)CN(CC(F)(F)c2ccccc2)C1. The summed E-state index contributed by atoms with van der Waals surface area (Å²) in [6.45, 7) is 2.97. The maximum absolute atomic E-state index is 14.0. The van der Waals surface area contributed by atoms with Crippen molar-refractivity contribution in [1.29, 1.82) is 0 Å². The normalized spacial score (nSPS) is 19.6. The number of hydrogen-bond donors (Lipinski definition) is 1. The molecule has 1 aliphatic rings. The van der Waals surface area contributed by atoms with Crippen molar-refractivity contribution >= 4 is 0 Å². The molecular weight excluding hydrogens is 234 g/mol. The molecule has 0 amide bonds. The fourth-order valence-electron chi connectivity index (χ4n) is 2.67. The molecule has 100 valence electrons. The quantitative estimate of drug-likeness (QED) is 0.875. The molecule has 0 aliphatic carbocycles. The number of rotatable bonds is 5. The maximum atomic E-state index is 14.0. The molecule has 0 saturated carbocycles. The first-order valence-electron chi connectivity index (χ1n) is 6.40. The Bertz CT molecular complexity index is 386. The number of nitrogens with zero attached hydrogens (tertiary/aromatic N) is 1. The molecule has 0 radical (unpaired) electrons. The molecule has 2 rings (SSSR count). The molecule has 18 heavy (non-hydrogen) atoms. The number of halogens is 2. The predicted octanol–water partition coefficient (Wildman–Crippen LogP) is 2.59. The van der Waals surface area contributed by atoms with Crippen LogP contribution in [0.4, 0.5) is 8.78 Å². The standard InChI is InChI=1S/C14H20F2N2/c1-2-8-13(17)9-18(10-13)11-14(15,16)12-6-4-3-5-7-12/h3-7H,2,8-11,17H2,1H3. The Labute approximate surface area is 107 Å². The molecule has 1 heterocycles. The van der Waals surface area contributed by atoms with Crippen molar-refractivity contribution in [2.24, 2.45) is 5.73 Å². The summed E-state index contributed by atoms with van der Waals surface area (Å²) in [4.78, 5) is 1.74. The zero-order valence-electron chi connectivity index (χ0n) is 10.7. The van der Waals surface area contributed by atoms with Gasteiger partial charge in [0.05, 0.1) is 6.54 Å². The van der Waals surface area contributed by atoms with Crippen LogP contribution >= 0.6 is 0 Å². The maximum Gasteiger partial charge on any atom is 0.285 e. The third kappa shape index (κ3) is 2.87. The third-order valence-corrected chi connectivity index (χ3v) is 3.44. The minimum absolute atomic E-state index is 0.0787. The van der Waals surface area contributed by atoms with E-state index in [9.17, 15) is 8.78 Å². The van der Waals surface area contributed by atoms with E-state index >= 15 is 0 Å². The lowest BCUT2D eigenvalue weighted by molar-refractivity contribution is -0.0723. The van der Waals surface area contributed by atoms with Gasteiger partial charge in [-0.3, -0.25) is 4.90 Å². The number of likely N-dealkylation sites (tertiary alicyclic amines) is 1. The Morgan fingerprint density at radius 3 is 2.44 bits per heavy atom. The molecule has 1 saturated heterocycles. The van der Waals surface area contributed by atoms with Crippen LogP contribution in [0, 0.1) is 0 Å². The molecule has 4 heteroatoms. The first-order valence-corrected chi connectivity index (χ1v) is 6.40. The molecule has 0 unspecified atom stereocenters. The Hall–Kier alpha value is -1.00. The molecule has 1 aromatic rings. The summed E-state index contributed by atoms with van der Waals surface area (Å²) in [5, 5.41) is 0. The Balaban J connectivity index is 1.92. The lowest BCUT2D eigenvalue weighted by atomic mass is 9.86. The van der Waals surface area contributed by atoms with Crippen LogP contribution in [-0.2, 0) is 5.92 Å². The topological polar surface area (TPSA) is 29.3 Å². The Morgan fingerprint density at radius 1 is 1.28 bits per heavy atom. The lowest BCUT2D eigenvalue weighted by Crippen LogP contribution is -2.68. The summed E-state index contributed by atoms with van der Waals surface area (Å²) in [7, 11) is 0. The van der Waals surface area contributed by atoms with E-state index in [1.165, 1.54) is 12.1 Å². The van der Waals surface area contributed by atoms with E-state index in [4.69, 9.17) is 5.73 Å². The Kier molecular flexibility index (Phi) is 3.69. The zero-order valence-corrected chi connectivity index (χ0v) is 10.7. The molecule has 0 spiro atoms. The van der Waals surface area contributed by atoms with Gasteiger partial charge in [-0.1, -0.05) is 43.7 Å². The summed E-state index contributed by atoms with van der Waals surface area (Å²) in [6, 6.07) is 7.98. The predicted molar refractivity (Wildman–Crippen MR) is 68.6 cm³/mol. The van der Waals surface area contributed by atoms with Gasteiger partial charge in [-0.25, -0.2) is 0 Å². The molecule has 0 aromatic heterocycles. The first kappa shape index (κ1) is 13.4. The van der Waals surface area contributed by atoms with Crippen LogP contribution in [0.3, 0.4) is 0 Å². The van der Waals surface area contributed by atoms with Crippen molar-refractivity contribution in [2.75, 3.05) is 19.6 Å². The van der Waals surface area contributed by atoms with E-state index in [0.29, 0.717) is 13.1 Å². The van der Waals surface area contributed by atoms with Crippen LogP contribution in [0.2, 0.25) is 0 Å². The molecule has 2 N–H and O–H groups in total. The van der Waals surface area contributed by atoms with E-state index < -0.39 is 5.92 Å². The van der Waals surface area contributed by atoms with E-state index in [0.717, 1.165) is 12.8 Å². The smallest absolute Gasteiger partial charge is 0.285 e. The van der Waals surface area contributed by atoms with Crippen LogP contribution in [0.5, 0.6) is 0 Å². The first-order chi connectivity index (χ1) is 8.45. The Morgan fingerprint density at radius 2 is 1.89 bits per heavy atom. The summed E-state index contributed by atoms with van der Waals surface area (Å²) < 4.78 is 28.0. The average Bonchev–Trinajstić information content (AvgIpc) is 2.28. The molecule has 1 aromatic carbocycles. The van der Waals surface area contributed by atoms with Crippen molar-refractivity contribution in [1.82, 2.24) is 4.90 Å². The number of benzene rings is 1. The number of nitrogens with two attached hydrogens (primary N) is 1. The highest BCUT2D eigenvalue weighted by molar-refractivity contribution is 5.20. The minimum atomic E-state index is -2.80. The highest BCUT2D eigenvalue weighted by atomic mass is 19.3. The second-order valence-electron chi connectivity index (χ2n) is 5.33. The zero-order chi connectivity index (χ0) is 13.2. The van der Waals surface area contributed by atoms with Gasteiger partial charge in [0, 0.05) is 24.2 Å². The summed E-state index contributed by atoms with van der Waals surface area (Å²) in [5.41, 5.74) is 5.90. The van der Waals surface area contributed by atoms with Crippen molar-refractivity contribution < 1.29 is 8.78 Å². The lowest BCUT2D eigenvalue weighted by Gasteiger charge is -2.48. The summed E-state index contributed by atoms with van der Waals surface area (Å²) in [6.07, 6.45) is 1.90. The van der Waals surface area contributed by atoms with E-state index in [2.05, 4.69) is 6.92 Å². The molecular formula is C14H20F2N2. The van der Waals surface area contributed by atoms with Crippen LogP contribution in [-0.4, -0.2) is 30.1 Å². The second kappa shape index (κ2) is 4.94. The summed E-state index contributed by atoms with van der Waals surface area (Å²) >= 11 is 0. The van der Waals surface area contributed by atoms with Crippen molar-refractivity contribution in [2.45, 2.75) is 31.2 Å². The van der Waals surface area contributed by atoms with E-state index in [-0.39, 0.29) is 17.6 Å². The highest BCUT2D eigenvalue weighted by Crippen LogP contribution is 2.32. The molecule has 0 bridgehead atoms. The van der Waals surface area contributed by atoms with Crippen LogP contribution < -0.4 is 5.73 Å². The monoisotopic (exact) mass is 254 g/mol. The van der Waals surface area contributed by atoms with Gasteiger partial charge in [0.1, 0.15) is 0 Å². The molecule has 1 fully saturated rings. The van der Waals surface area contributed by atoms with Crippen LogP contribution in [0.25, 0.3) is 0 Å². The van der Waals surface area contributed by atoms with E-state index in [1.807, 2.05) is 0 Å². The van der Waals surface area contributed by atoms with Gasteiger partial charge in [-0.2, -0.15) is 8.78 Å². The van der Waals surface area contributed by atoms with Gasteiger partial charge in [0.15, 0.2) is 0 Å². The molecule has 2 nitrogen and oxygen atoms in total. The van der Waals surface area contributed by atoms with Crippen molar-refractivity contribution in [3.05, 3.63) is 35.9 Å². The third-order valence-electron chi connectivity index (χ3n) is 3.44. The van der Waals surface area contributed by atoms with Crippen LogP contribution in [0.1, 0.15) is 25.3 Å². The minimum Gasteiger partial charge on any atom is -0.323 e. The summed E-state index contributed by atoms with van der Waals surface area (Å²) in [5.74, 6) is -2.80. The van der Waals surface area contributed by atoms with Crippen molar-refractivity contribution in [3.63, 3.8) is 0 Å². The van der Waals surface area contributed by atoms with Gasteiger partial charge in [0.25, 0.3) is 5.92 Å². The number of hydrogen-bond acceptors (Lipinski definition) is 2. The molecule has 1 aliphatic heterocycles. The van der Waals surface area contributed by atoms with Gasteiger partial charge in [-0.15, -0.1) is 0 Å². The fraction of sp³-hybridized carbons (Fsp3) is 0.571. The largest absolute Gasteiger partial charge is 0.323 e. The fourth-order valence-corrected chi connectivity index (χ4v) is 2.67. The van der Waals surface area contributed by atoms with Gasteiger partial charge < -0.3 is 5.73 Å². The number of alkyl halides is 2. The van der Waals surface area contributed by atoms with Gasteiger partial charge in [0.2, 0.25) is 0 Å². The van der Waals surface area contributed by atoms with E-state index in [1.54, 1.807) is 23.1 Å². The van der Waals surface area contributed by atoms with Gasteiger partial charge in [-0.05, 0) is 6.42 Å².